The van der Waals surface area contributed by atoms with Gasteiger partial charge in [-0.1, -0.05) is 0 Å². The summed E-state index contributed by atoms with van der Waals surface area (Å²) in [4.78, 5) is 22.0. The molecule has 0 spiro atoms. The summed E-state index contributed by atoms with van der Waals surface area (Å²) in [5.74, 6) is -0.328. The van der Waals surface area contributed by atoms with E-state index in [1.54, 1.807) is 23.7 Å². The number of pyridine rings is 1. The highest BCUT2D eigenvalue weighted by molar-refractivity contribution is 7.15. The second-order valence-corrected chi connectivity index (χ2v) is 5.84. The number of hydrogen-bond donors (Lipinski definition) is 0. The predicted molar refractivity (Wildman–Crippen MR) is 77.7 cm³/mol. The zero-order chi connectivity index (χ0) is 13.9. The van der Waals surface area contributed by atoms with Gasteiger partial charge in [0.05, 0.1) is 12.3 Å². The van der Waals surface area contributed by atoms with Crippen LogP contribution in [0.2, 0.25) is 0 Å². The number of hydrogen-bond acceptors (Lipinski definition) is 5. The van der Waals surface area contributed by atoms with Gasteiger partial charge in [-0.05, 0) is 38.3 Å². The third kappa shape index (κ3) is 2.45. The molecule has 1 aliphatic rings. The maximum Gasteiger partial charge on any atom is 0.315 e. The van der Waals surface area contributed by atoms with Gasteiger partial charge >= 0.3 is 5.97 Å². The maximum absolute atomic E-state index is 12.0. The Morgan fingerprint density at radius 1 is 1.45 bits per heavy atom. The van der Waals surface area contributed by atoms with Crippen LogP contribution in [0, 0.1) is 0 Å². The first-order chi connectivity index (χ1) is 9.79. The Labute approximate surface area is 121 Å². The van der Waals surface area contributed by atoms with Gasteiger partial charge in [-0.3, -0.25) is 9.78 Å². The van der Waals surface area contributed by atoms with Crippen molar-refractivity contribution in [3.05, 3.63) is 35.1 Å². The van der Waals surface area contributed by atoms with Crippen molar-refractivity contribution in [2.24, 2.45) is 0 Å². The summed E-state index contributed by atoms with van der Waals surface area (Å²) in [7, 11) is 0. The van der Waals surface area contributed by atoms with Crippen molar-refractivity contribution in [2.45, 2.75) is 32.1 Å². The van der Waals surface area contributed by atoms with Gasteiger partial charge in [0.1, 0.15) is 10.9 Å². The lowest BCUT2D eigenvalue weighted by Crippen LogP contribution is -2.20. The Bertz CT molecular complexity index is 610. The number of ether oxygens (including phenoxy) is 1. The van der Waals surface area contributed by atoms with Crippen molar-refractivity contribution >= 4 is 17.3 Å². The first kappa shape index (κ1) is 13.2. The Morgan fingerprint density at radius 2 is 2.25 bits per heavy atom. The van der Waals surface area contributed by atoms with Gasteiger partial charge in [0.25, 0.3) is 0 Å². The number of rotatable bonds is 3. The predicted octanol–water partition coefficient (Wildman–Crippen LogP) is 3.19. The molecule has 0 fully saturated rings. The number of fused-ring (bicyclic) bond motifs is 1. The summed E-state index contributed by atoms with van der Waals surface area (Å²) >= 11 is 1.68. The van der Waals surface area contributed by atoms with Crippen molar-refractivity contribution in [2.75, 3.05) is 6.61 Å². The lowest BCUT2D eigenvalue weighted by atomic mass is 9.91. The fourth-order valence-corrected chi connectivity index (χ4v) is 3.68. The molecule has 104 valence electrons. The van der Waals surface area contributed by atoms with Gasteiger partial charge in [0.2, 0.25) is 0 Å². The second-order valence-electron chi connectivity index (χ2n) is 4.76. The molecule has 3 rings (SSSR count). The molecule has 5 heteroatoms. The molecule has 0 saturated heterocycles. The van der Waals surface area contributed by atoms with E-state index in [2.05, 4.69) is 4.98 Å². The molecule has 1 atom stereocenters. The average molecular weight is 288 g/mol. The Hall–Kier alpha value is -1.75. The molecular weight excluding hydrogens is 272 g/mol. The fraction of sp³-hybridized carbons (Fsp3) is 0.400. The Morgan fingerprint density at radius 3 is 3.00 bits per heavy atom. The van der Waals surface area contributed by atoms with Gasteiger partial charge in [-0.2, -0.15) is 0 Å². The molecule has 0 aromatic carbocycles. The Balaban J connectivity index is 1.95. The van der Waals surface area contributed by atoms with Gasteiger partial charge in [-0.15, -0.1) is 11.3 Å². The van der Waals surface area contributed by atoms with E-state index in [0.29, 0.717) is 6.61 Å². The van der Waals surface area contributed by atoms with Crippen LogP contribution in [-0.4, -0.2) is 22.5 Å². The normalized spacial score (nSPS) is 17.6. The van der Waals surface area contributed by atoms with E-state index in [-0.39, 0.29) is 11.9 Å². The molecule has 0 N–H and O–H groups in total. The molecule has 4 nitrogen and oxygen atoms in total. The number of aryl methyl sites for hydroxylation is 1. The van der Waals surface area contributed by atoms with Crippen LogP contribution >= 0.6 is 11.3 Å². The van der Waals surface area contributed by atoms with Crippen LogP contribution in [0.4, 0.5) is 0 Å². The van der Waals surface area contributed by atoms with Gasteiger partial charge in [-0.25, -0.2) is 4.98 Å². The monoisotopic (exact) mass is 288 g/mol. The van der Waals surface area contributed by atoms with Crippen LogP contribution in [-0.2, 0) is 16.0 Å². The van der Waals surface area contributed by atoms with E-state index in [1.807, 2.05) is 19.1 Å². The summed E-state index contributed by atoms with van der Waals surface area (Å²) in [6.07, 6.45) is 6.39. The van der Waals surface area contributed by atoms with Crippen LogP contribution in [0.1, 0.15) is 36.3 Å². The zero-order valence-corrected chi connectivity index (χ0v) is 12.2. The molecule has 1 aliphatic carbocycles. The lowest BCUT2D eigenvalue weighted by Gasteiger charge is -2.19. The third-order valence-electron chi connectivity index (χ3n) is 3.45. The molecule has 0 amide bonds. The summed E-state index contributed by atoms with van der Waals surface area (Å²) < 4.78 is 5.17. The third-order valence-corrected chi connectivity index (χ3v) is 4.63. The highest BCUT2D eigenvalue weighted by Gasteiger charge is 2.31. The number of esters is 1. The topological polar surface area (TPSA) is 52.1 Å². The quantitative estimate of drug-likeness (QED) is 0.814. The molecule has 2 aromatic heterocycles. The number of aromatic nitrogens is 2. The average Bonchev–Trinajstić information content (AvgIpc) is 2.92. The summed E-state index contributed by atoms with van der Waals surface area (Å²) in [5.41, 5.74) is 1.98. The number of nitrogens with zero attached hydrogens (tertiary/aromatic N) is 2. The van der Waals surface area contributed by atoms with Crippen molar-refractivity contribution in [1.82, 2.24) is 9.97 Å². The molecule has 1 unspecified atom stereocenters. The van der Waals surface area contributed by atoms with Gasteiger partial charge in [0.15, 0.2) is 0 Å². The van der Waals surface area contributed by atoms with E-state index in [0.717, 1.165) is 35.5 Å². The van der Waals surface area contributed by atoms with Crippen LogP contribution in [0.3, 0.4) is 0 Å². The summed E-state index contributed by atoms with van der Waals surface area (Å²) in [6, 6.07) is 3.90. The fourth-order valence-electron chi connectivity index (χ4n) is 2.51. The summed E-state index contributed by atoms with van der Waals surface area (Å²) in [5, 5.41) is 0.966. The molecule has 0 saturated carbocycles. The largest absolute Gasteiger partial charge is 0.465 e. The van der Waals surface area contributed by atoms with Crippen molar-refractivity contribution in [1.29, 1.82) is 0 Å². The molecule has 0 bridgehead atoms. The molecular formula is C15H16N2O2S. The molecule has 20 heavy (non-hydrogen) atoms. The van der Waals surface area contributed by atoms with Crippen LogP contribution < -0.4 is 0 Å². The molecule has 0 radical (unpaired) electrons. The minimum atomic E-state index is -0.189. The van der Waals surface area contributed by atoms with E-state index in [9.17, 15) is 4.79 Å². The van der Waals surface area contributed by atoms with Crippen molar-refractivity contribution in [3.8, 4) is 10.6 Å². The standard InChI is InChI=1S/C15H16N2O2S/c1-2-19-15(18)11-4-3-5-12-13(11)17-14(20-12)10-6-8-16-9-7-10/h6-9,11H,2-5H2,1H3. The molecule has 2 heterocycles. The van der Waals surface area contributed by atoms with Crippen LogP contribution in [0.5, 0.6) is 0 Å². The number of thiazole rings is 1. The molecule has 2 aromatic rings. The molecule has 0 aliphatic heterocycles. The lowest BCUT2D eigenvalue weighted by molar-refractivity contribution is -0.145. The zero-order valence-electron chi connectivity index (χ0n) is 11.3. The first-order valence-corrected chi connectivity index (χ1v) is 7.68. The van der Waals surface area contributed by atoms with Crippen LogP contribution in [0.25, 0.3) is 10.6 Å². The SMILES string of the molecule is CCOC(=O)C1CCCc2sc(-c3ccncc3)nc21. The number of carbonyl (C=O) groups is 1. The van der Waals surface area contributed by atoms with Crippen LogP contribution in [0.15, 0.2) is 24.5 Å². The first-order valence-electron chi connectivity index (χ1n) is 6.86. The van der Waals surface area contributed by atoms with Crippen molar-refractivity contribution in [3.63, 3.8) is 0 Å². The summed E-state index contributed by atoms with van der Waals surface area (Å²) in [6.45, 7) is 2.26. The highest BCUT2D eigenvalue weighted by atomic mass is 32.1. The number of carbonyl (C=O) groups excluding carboxylic acids is 1. The Kier molecular flexibility index (Phi) is 3.78. The van der Waals surface area contributed by atoms with E-state index >= 15 is 0 Å². The van der Waals surface area contributed by atoms with Crippen molar-refractivity contribution < 1.29 is 9.53 Å². The minimum Gasteiger partial charge on any atom is -0.465 e. The van der Waals surface area contributed by atoms with E-state index in [1.165, 1.54) is 4.88 Å². The minimum absolute atomic E-state index is 0.139. The highest BCUT2D eigenvalue weighted by Crippen LogP contribution is 2.38. The van der Waals surface area contributed by atoms with E-state index < -0.39 is 0 Å². The van der Waals surface area contributed by atoms with Gasteiger partial charge < -0.3 is 4.74 Å². The smallest absolute Gasteiger partial charge is 0.315 e. The van der Waals surface area contributed by atoms with E-state index in [4.69, 9.17) is 9.72 Å². The second kappa shape index (κ2) is 5.71. The van der Waals surface area contributed by atoms with Gasteiger partial charge in [0, 0.05) is 22.8 Å². The maximum atomic E-state index is 12.0.